The molecular formula is C23H31IN2O7. The second kappa shape index (κ2) is 12.7. The number of carbonyl (C=O) groups excluding carboxylic acids is 2. The van der Waals surface area contributed by atoms with Gasteiger partial charge in [0.15, 0.2) is 0 Å². The highest BCUT2D eigenvalue weighted by atomic mass is 127. The van der Waals surface area contributed by atoms with Gasteiger partial charge in [-0.1, -0.05) is 12.1 Å². The van der Waals surface area contributed by atoms with Crippen molar-refractivity contribution in [3.63, 3.8) is 0 Å². The third kappa shape index (κ3) is 6.89. The van der Waals surface area contributed by atoms with Crippen LogP contribution in [0.4, 0.5) is 0 Å². The first-order valence-corrected chi connectivity index (χ1v) is 12.1. The van der Waals surface area contributed by atoms with Gasteiger partial charge in [0.1, 0.15) is 24.6 Å². The Morgan fingerprint density at radius 3 is 2.79 bits per heavy atom. The Bertz CT molecular complexity index is 844. The van der Waals surface area contributed by atoms with E-state index in [4.69, 9.17) is 19.3 Å². The Hall–Kier alpha value is -1.73. The predicted octanol–water partition coefficient (Wildman–Crippen LogP) is 0.861. The number of amides is 2. The van der Waals surface area contributed by atoms with Crippen molar-refractivity contribution >= 4 is 34.4 Å². The Morgan fingerprint density at radius 1 is 1.33 bits per heavy atom. The molecule has 1 aromatic rings. The van der Waals surface area contributed by atoms with Crippen molar-refractivity contribution in [3.8, 4) is 5.75 Å². The second-order valence-electron chi connectivity index (χ2n) is 8.06. The van der Waals surface area contributed by atoms with E-state index in [-0.39, 0.29) is 44.1 Å². The number of nitrogens with one attached hydrogen (secondary N) is 1. The van der Waals surface area contributed by atoms with E-state index in [0.717, 1.165) is 16.4 Å². The van der Waals surface area contributed by atoms with Crippen LogP contribution in [0.15, 0.2) is 35.9 Å². The first-order valence-electron chi connectivity index (χ1n) is 11.0. The second-order valence-corrected chi connectivity index (χ2v) is 9.22. The summed E-state index contributed by atoms with van der Waals surface area (Å²) in [7, 11) is 1.44. The topological polar surface area (TPSA) is 118 Å². The third-order valence-corrected chi connectivity index (χ3v) is 6.62. The number of para-hydroxylation sites is 1. The maximum atomic E-state index is 13.0. The van der Waals surface area contributed by atoms with Gasteiger partial charge in [0, 0.05) is 38.8 Å². The monoisotopic (exact) mass is 574 g/mol. The van der Waals surface area contributed by atoms with Crippen molar-refractivity contribution in [3.05, 3.63) is 39.5 Å². The van der Waals surface area contributed by atoms with Crippen molar-refractivity contribution in [2.45, 2.75) is 43.6 Å². The molecule has 0 radical (unpaired) electrons. The highest BCUT2D eigenvalue weighted by molar-refractivity contribution is 14.1. The van der Waals surface area contributed by atoms with E-state index >= 15 is 0 Å². The maximum absolute atomic E-state index is 13.0. The van der Waals surface area contributed by atoms with Gasteiger partial charge in [-0.2, -0.15) is 0 Å². The Morgan fingerprint density at radius 2 is 2.12 bits per heavy atom. The largest absolute Gasteiger partial charge is 0.482 e. The molecule has 0 saturated carbocycles. The first-order chi connectivity index (χ1) is 15.9. The highest BCUT2D eigenvalue weighted by Gasteiger charge is 2.41. The molecule has 1 aromatic carbocycles. The van der Waals surface area contributed by atoms with Crippen molar-refractivity contribution in [2.24, 2.45) is 0 Å². The van der Waals surface area contributed by atoms with Crippen LogP contribution in [0.5, 0.6) is 5.75 Å². The minimum Gasteiger partial charge on any atom is -0.482 e. The Labute approximate surface area is 207 Å². The molecule has 10 heteroatoms. The predicted molar refractivity (Wildman–Crippen MR) is 129 cm³/mol. The molecule has 4 atom stereocenters. The summed E-state index contributed by atoms with van der Waals surface area (Å²) in [6.45, 7) is 0.703. The summed E-state index contributed by atoms with van der Waals surface area (Å²) >= 11 is 2.14. The van der Waals surface area contributed by atoms with E-state index in [1.807, 2.05) is 18.2 Å². The van der Waals surface area contributed by atoms with E-state index in [9.17, 15) is 14.7 Å². The van der Waals surface area contributed by atoms with Gasteiger partial charge in [-0.15, -0.1) is 0 Å². The summed E-state index contributed by atoms with van der Waals surface area (Å²) < 4.78 is 17.8. The van der Waals surface area contributed by atoms with Crippen LogP contribution in [0.3, 0.4) is 0 Å². The van der Waals surface area contributed by atoms with E-state index in [1.165, 1.54) is 7.11 Å². The molecule has 1 fully saturated rings. The molecule has 1 aliphatic carbocycles. The number of halogens is 1. The van der Waals surface area contributed by atoms with Gasteiger partial charge in [0.25, 0.3) is 0 Å². The Kier molecular flexibility index (Phi) is 9.93. The molecule has 1 aliphatic heterocycles. The van der Waals surface area contributed by atoms with Gasteiger partial charge >= 0.3 is 0 Å². The van der Waals surface area contributed by atoms with E-state index in [1.54, 1.807) is 17.0 Å². The maximum Gasteiger partial charge on any atom is 0.248 e. The fourth-order valence-electron chi connectivity index (χ4n) is 4.10. The summed E-state index contributed by atoms with van der Waals surface area (Å²) in [5.74, 6) is -0.0845. The van der Waals surface area contributed by atoms with Crippen LogP contribution in [0.2, 0.25) is 0 Å². The van der Waals surface area contributed by atoms with E-state index < -0.39 is 18.2 Å². The van der Waals surface area contributed by atoms with Crippen LogP contribution in [0.1, 0.15) is 19.3 Å². The molecule has 33 heavy (non-hydrogen) atoms. The molecule has 0 spiro atoms. The molecule has 2 amide bonds. The van der Waals surface area contributed by atoms with Gasteiger partial charge in [0.05, 0.1) is 22.3 Å². The number of rotatable bonds is 10. The fourth-order valence-corrected chi connectivity index (χ4v) is 4.62. The highest BCUT2D eigenvalue weighted by Crippen LogP contribution is 2.30. The summed E-state index contributed by atoms with van der Waals surface area (Å²) in [5, 5.41) is 23.0. The first kappa shape index (κ1) is 25.9. The molecule has 0 aromatic heterocycles. The number of methoxy groups -OCH3 is 1. The number of aliphatic hydroxyl groups is 2. The number of aliphatic hydroxyl groups excluding tert-OH is 2. The van der Waals surface area contributed by atoms with Gasteiger partial charge in [-0.3, -0.25) is 9.59 Å². The summed E-state index contributed by atoms with van der Waals surface area (Å²) in [5.41, 5.74) is 0.386. The fraction of sp³-hybridized carbons (Fsp3) is 0.565. The molecule has 9 nitrogen and oxygen atoms in total. The number of carbonyl (C=O) groups is 2. The molecule has 2 aliphatic rings. The molecule has 0 unspecified atom stereocenters. The van der Waals surface area contributed by atoms with Gasteiger partial charge < -0.3 is 34.6 Å². The lowest BCUT2D eigenvalue weighted by Gasteiger charge is -2.41. The number of hydrogen-bond acceptors (Lipinski definition) is 7. The van der Waals surface area contributed by atoms with Crippen LogP contribution in [0, 0.1) is 3.57 Å². The number of ether oxygens (including phenoxy) is 3. The van der Waals surface area contributed by atoms with E-state index in [2.05, 4.69) is 27.9 Å². The van der Waals surface area contributed by atoms with E-state index in [0.29, 0.717) is 24.5 Å². The smallest absolute Gasteiger partial charge is 0.248 e. The van der Waals surface area contributed by atoms with Crippen LogP contribution in [-0.2, 0) is 19.1 Å². The van der Waals surface area contributed by atoms with Crippen molar-refractivity contribution in [2.75, 3.05) is 40.0 Å². The zero-order valence-corrected chi connectivity index (χ0v) is 20.8. The molecule has 1 heterocycles. The average molecular weight is 574 g/mol. The van der Waals surface area contributed by atoms with Crippen LogP contribution < -0.4 is 10.1 Å². The van der Waals surface area contributed by atoms with Crippen molar-refractivity contribution < 1.29 is 34.0 Å². The van der Waals surface area contributed by atoms with Crippen LogP contribution in [-0.4, -0.2) is 91.3 Å². The lowest BCUT2D eigenvalue weighted by molar-refractivity contribution is -0.144. The van der Waals surface area contributed by atoms with Crippen LogP contribution >= 0.6 is 22.6 Å². The summed E-state index contributed by atoms with van der Waals surface area (Å²) in [4.78, 5) is 27.3. The minimum absolute atomic E-state index is 0.105. The van der Waals surface area contributed by atoms with Gasteiger partial charge in [0.2, 0.25) is 11.8 Å². The molecule has 182 valence electrons. The number of hydrogen-bond donors (Lipinski definition) is 3. The van der Waals surface area contributed by atoms with Gasteiger partial charge in [-0.25, -0.2) is 0 Å². The van der Waals surface area contributed by atoms with Crippen molar-refractivity contribution in [1.29, 1.82) is 0 Å². The lowest BCUT2D eigenvalue weighted by atomic mass is 9.88. The SMILES string of the molecule is COCC(=O)N(C[C@@H]1CCCO1)[C@@H]1CC(C(=O)NCCO)=C[C@H](Oc2ccccc2I)[C@H]1O. The van der Waals surface area contributed by atoms with Crippen LogP contribution in [0.25, 0.3) is 0 Å². The third-order valence-electron chi connectivity index (χ3n) is 5.73. The quantitative estimate of drug-likeness (QED) is 0.355. The molecule has 3 N–H and O–H groups in total. The normalized spacial score (nSPS) is 24.8. The molecule has 0 bridgehead atoms. The summed E-state index contributed by atoms with van der Waals surface area (Å²) in [6.07, 6.45) is 1.42. The Balaban J connectivity index is 1.90. The molecular weight excluding hydrogens is 543 g/mol. The minimum atomic E-state index is -1.07. The molecule has 3 rings (SSSR count). The number of nitrogens with zero attached hydrogens (tertiary/aromatic N) is 1. The number of benzene rings is 1. The average Bonchev–Trinajstić information content (AvgIpc) is 3.32. The van der Waals surface area contributed by atoms with Crippen molar-refractivity contribution in [1.82, 2.24) is 10.2 Å². The standard InChI is InChI=1S/C23H31IN2O7/c1-31-14-21(28)26(13-16-5-4-10-32-16)18-11-15(23(30)25-8-9-27)12-20(22(18)29)33-19-7-3-2-6-17(19)24/h2-3,6-7,12,16,18,20,22,27,29H,4-5,8-11,13-14H2,1H3,(H,25,30)/t16-,18+,20-,22-/m0/s1. The molecule has 1 saturated heterocycles. The lowest BCUT2D eigenvalue weighted by Crippen LogP contribution is -2.57. The summed E-state index contributed by atoms with van der Waals surface area (Å²) in [6, 6.07) is 6.67. The zero-order chi connectivity index (χ0) is 23.8. The van der Waals surface area contributed by atoms with Gasteiger partial charge in [-0.05, 0) is 53.6 Å². The zero-order valence-electron chi connectivity index (χ0n) is 18.6.